The number of amides is 1. The van der Waals surface area contributed by atoms with Gasteiger partial charge in [-0.05, 0) is 37.6 Å². The molecule has 0 saturated carbocycles. The third kappa shape index (κ3) is 5.07. The number of benzene rings is 1. The van der Waals surface area contributed by atoms with E-state index < -0.39 is 32.3 Å². The smallest absolute Gasteiger partial charge is 0.368 e. The third-order valence-corrected chi connectivity index (χ3v) is 4.30. The normalized spacial score (nSPS) is 13.4. The number of halogens is 3. The van der Waals surface area contributed by atoms with Crippen LogP contribution in [0.5, 0.6) is 0 Å². The lowest BCUT2D eigenvalue weighted by atomic mass is 10.3. The Morgan fingerprint density at radius 3 is 2.39 bits per heavy atom. The molecule has 0 fully saturated rings. The molecule has 5 nitrogen and oxygen atoms in total. The van der Waals surface area contributed by atoms with Crippen LogP contribution < -0.4 is 5.32 Å². The van der Waals surface area contributed by atoms with Gasteiger partial charge in [0.05, 0.1) is 11.5 Å². The summed E-state index contributed by atoms with van der Waals surface area (Å²) < 4.78 is 64.8. The summed E-state index contributed by atoms with van der Waals surface area (Å²) >= 11 is 0. The van der Waals surface area contributed by atoms with Gasteiger partial charge >= 0.3 is 5.51 Å². The van der Waals surface area contributed by atoms with E-state index in [0.717, 1.165) is 24.3 Å². The maximum atomic E-state index is 12.4. The van der Waals surface area contributed by atoms with Crippen molar-refractivity contribution in [3.8, 4) is 0 Å². The molecule has 0 heterocycles. The first kappa shape index (κ1) is 19.2. The Labute approximate surface area is 132 Å². The van der Waals surface area contributed by atoms with Crippen LogP contribution in [0, 0.1) is 0 Å². The molecule has 0 aromatic heterocycles. The number of sulfone groups is 1. The quantitative estimate of drug-likeness (QED) is 0.606. The van der Waals surface area contributed by atoms with Crippen LogP contribution in [0.3, 0.4) is 0 Å². The van der Waals surface area contributed by atoms with Crippen LogP contribution in [0.1, 0.15) is 13.3 Å². The van der Waals surface area contributed by atoms with Gasteiger partial charge in [0.25, 0.3) is 15.7 Å². The second-order valence-electron chi connectivity index (χ2n) is 4.55. The van der Waals surface area contributed by atoms with Gasteiger partial charge in [0, 0.05) is 5.69 Å². The number of nitrogens with one attached hydrogen (secondary N) is 1. The van der Waals surface area contributed by atoms with E-state index >= 15 is 0 Å². The van der Waals surface area contributed by atoms with Crippen molar-refractivity contribution >= 4 is 21.4 Å². The number of carbonyl (C=O) groups is 1. The highest BCUT2D eigenvalue weighted by Crippen LogP contribution is 2.30. The number of hydrogen-bond donors (Lipinski definition) is 1. The van der Waals surface area contributed by atoms with Crippen molar-refractivity contribution in [2.24, 2.45) is 0 Å². The average Bonchev–Trinajstić information content (AvgIpc) is 2.46. The molecule has 0 spiro atoms. The number of carbonyl (C=O) groups excluding carboxylic acids is 1. The van der Waals surface area contributed by atoms with Crippen LogP contribution in [0.15, 0.2) is 41.8 Å². The molecule has 1 amide bonds. The SMILES string of the molecule is C=CCCO[C@@H](C)C(=O)Nc1ccc(S(=O)(=O)C(F)(F)F)cc1. The molecular formula is C14H16F3NO4S. The van der Waals surface area contributed by atoms with Crippen molar-refractivity contribution in [3.05, 3.63) is 36.9 Å². The molecule has 0 aliphatic rings. The second-order valence-corrected chi connectivity index (χ2v) is 6.49. The number of hydrogen-bond acceptors (Lipinski definition) is 4. The Bertz CT molecular complexity index is 654. The zero-order chi connectivity index (χ0) is 17.7. The molecule has 1 aromatic rings. The predicted molar refractivity (Wildman–Crippen MR) is 78.5 cm³/mol. The van der Waals surface area contributed by atoms with Gasteiger partial charge in [0.15, 0.2) is 0 Å². The zero-order valence-corrected chi connectivity index (χ0v) is 13.1. The van der Waals surface area contributed by atoms with Crippen LogP contribution in [0.25, 0.3) is 0 Å². The van der Waals surface area contributed by atoms with Crippen molar-refractivity contribution < 1.29 is 31.1 Å². The van der Waals surface area contributed by atoms with Gasteiger partial charge in [-0.1, -0.05) is 6.08 Å². The lowest BCUT2D eigenvalue weighted by molar-refractivity contribution is -0.126. The highest BCUT2D eigenvalue weighted by atomic mass is 32.2. The van der Waals surface area contributed by atoms with E-state index in [0.29, 0.717) is 13.0 Å². The molecule has 1 N–H and O–H groups in total. The molecule has 1 rings (SSSR count). The fourth-order valence-corrected chi connectivity index (χ4v) is 2.26. The van der Waals surface area contributed by atoms with Crippen LogP contribution in [0.4, 0.5) is 18.9 Å². The Kier molecular flexibility index (Phi) is 6.34. The summed E-state index contributed by atoms with van der Waals surface area (Å²) in [4.78, 5) is 10.9. The van der Waals surface area contributed by atoms with Gasteiger partial charge in [-0.15, -0.1) is 6.58 Å². The predicted octanol–water partition coefficient (Wildman–Crippen LogP) is 2.90. The van der Waals surface area contributed by atoms with Crippen molar-refractivity contribution in [2.45, 2.75) is 29.9 Å². The minimum atomic E-state index is -5.40. The minimum absolute atomic E-state index is 0.162. The molecule has 1 aromatic carbocycles. The van der Waals surface area contributed by atoms with E-state index in [9.17, 15) is 26.4 Å². The molecule has 23 heavy (non-hydrogen) atoms. The Hall–Kier alpha value is -1.87. The summed E-state index contributed by atoms with van der Waals surface area (Å²) in [6.45, 7) is 5.33. The molecule has 128 valence electrons. The summed E-state index contributed by atoms with van der Waals surface area (Å²) in [7, 11) is -5.40. The first-order valence-electron chi connectivity index (χ1n) is 6.54. The molecule has 9 heteroatoms. The molecule has 0 unspecified atom stereocenters. The summed E-state index contributed by atoms with van der Waals surface area (Å²) in [6.07, 6.45) is 1.43. The second kappa shape index (κ2) is 7.60. The van der Waals surface area contributed by atoms with Gasteiger partial charge in [0.1, 0.15) is 6.10 Å². The lowest BCUT2D eigenvalue weighted by Gasteiger charge is -2.13. The molecule has 1 atom stereocenters. The van der Waals surface area contributed by atoms with Gasteiger partial charge in [-0.25, -0.2) is 8.42 Å². The molecule has 0 radical (unpaired) electrons. The van der Waals surface area contributed by atoms with Crippen molar-refractivity contribution in [1.29, 1.82) is 0 Å². The first-order chi connectivity index (χ1) is 10.6. The van der Waals surface area contributed by atoms with Crippen molar-refractivity contribution in [1.82, 2.24) is 0 Å². The van der Waals surface area contributed by atoms with E-state index in [1.54, 1.807) is 6.08 Å². The highest BCUT2D eigenvalue weighted by molar-refractivity contribution is 7.92. The topological polar surface area (TPSA) is 72.5 Å². The Morgan fingerprint density at radius 1 is 1.35 bits per heavy atom. The Morgan fingerprint density at radius 2 is 1.91 bits per heavy atom. The van der Waals surface area contributed by atoms with Crippen molar-refractivity contribution in [2.75, 3.05) is 11.9 Å². The van der Waals surface area contributed by atoms with Crippen LogP contribution in [-0.2, 0) is 19.4 Å². The number of rotatable bonds is 7. The van der Waals surface area contributed by atoms with E-state index in [-0.39, 0.29) is 5.69 Å². The largest absolute Gasteiger partial charge is 0.501 e. The summed E-state index contributed by atoms with van der Waals surface area (Å²) in [5.41, 5.74) is -5.21. The molecule has 0 aliphatic carbocycles. The zero-order valence-electron chi connectivity index (χ0n) is 12.3. The van der Waals surface area contributed by atoms with E-state index in [1.165, 1.54) is 6.92 Å². The van der Waals surface area contributed by atoms with Gasteiger partial charge in [-0.2, -0.15) is 13.2 Å². The average molecular weight is 351 g/mol. The van der Waals surface area contributed by atoms with Crippen LogP contribution >= 0.6 is 0 Å². The maximum absolute atomic E-state index is 12.4. The molecule has 0 saturated heterocycles. The van der Waals surface area contributed by atoms with E-state index in [1.807, 2.05) is 0 Å². The van der Waals surface area contributed by atoms with Crippen molar-refractivity contribution in [3.63, 3.8) is 0 Å². The first-order valence-corrected chi connectivity index (χ1v) is 8.02. The maximum Gasteiger partial charge on any atom is 0.501 e. The van der Waals surface area contributed by atoms with E-state index in [4.69, 9.17) is 4.74 Å². The number of ether oxygens (including phenoxy) is 1. The minimum Gasteiger partial charge on any atom is -0.368 e. The van der Waals surface area contributed by atoms with Gasteiger partial charge in [-0.3, -0.25) is 4.79 Å². The monoisotopic (exact) mass is 351 g/mol. The number of alkyl halides is 3. The molecule has 0 aliphatic heterocycles. The Balaban J connectivity index is 2.75. The molecular weight excluding hydrogens is 335 g/mol. The van der Waals surface area contributed by atoms with Crippen LogP contribution in [0.2, 0.25) is 0 Å². The van der Waals surface area contributed by atoms with Gasteiger partial charge in [0.2, 0.25) is 0 Å². The molecule has 0 bridgehead atoms. The highest BCUT2D eigenvalue weighted by Gasteiger charge is 2.46. The fraction of sp³-hybridized carbons (Fsp3) is 0.357. The third-order valence-electron chi connectivity index (χ3n) is 2.80. The van der Waals surface area contributed by atoms with Gasteiger partial charge < -0.3 is 10.1 Å². The van der Waals surface area contributed by atoms with Crippen LogP contribution in [-0.4, -0.2) is 32.5 Å². The summed E-state index contributed by atoms with van der Waals surface area (Å²) in [5, 5.41) is 2.42. The van der Waals surface area contributed by atoms with E-state index in [2.05, 4.69) is 11.9 Å². The summed E-state index contributed by atoms with van der Waals surface area (Å²) in [5.74, 6) is -0.500. The standard InChI is InChI=1S/C14H16F3NO4S/c1-3-4-9-22-10(2)13(19)18-11-5-7-12(8-6-11)23(20,21)14(15,16)17/h3,5-8,10H,1,4,9H2,2H3,(H,18,19)/t10-/m0/s1. The number of anilines is 1. The fourth-order valence-electron chi connectivity index (χ4n) is 1.50. The lowest BCUT2D eigenvalue weighted by Crippen LogP contribution is -2.28. The summed E-state index contributed by atoms with van der Waals surface area (Å²) in [6, 6.07) is 3.71.